The molecule has 1 aromatic carbocycles. The molecule has 6 heteroatoms. The number of ether oxygens (including phenoxy) is 1. The van der Waals surface area contributed by atoms with Crippen LogP contribution in [0.25, 0.3) is 0 Å². The Morgan fingerprint density at radius 2 is 2.00 bits per heavy atom. The lowest BCUT2D eigenvalue weighted by molar-refractivity contribution is -0.142. The number of carbonyl (C=O) groups excluding carboxylic acids is 1. The molecule has 1 aliphatic carbocycles. The van der Waals surface area contributed by atoms with Crippen LogP contribution in [0.1, 0.15) is 12.0 Å². The second-order valence-electron chi connectivity index (χ2n) is 4.26. The van der Waals surface area contributed by atoms with E-state index in [-0.39, 0.29) is 17.8 Å². The van der Waals surface area contributed by atoms with Gasteiger partial charge in [0.15, 0.2) is 0 Å². The van der Waals surface area contributed by atoms with Crippen molar-refractivity contribution in [1.82, 2.24) is 0 Å². The molecule has 1 unspecified atom stereocenters. The first-order valence-electron chi connectivity index (χ1n) is 5.72. The molecule has 102 valence electrons. The maximum atomic E-state index is 11.5. The number of hydrogen-bond donors (Lipinski definition) is 0. The zero-order chi connectivity index (χ0) is 14.0. The van der Waals surface area contributed by atoms with Crippen LogP contribution in [-0.4, -0.2) is 25.9 Å². The molecular formula is C13H13Cl2NO3. The van der Waals surface area contributed by atoms with E-state index in [1.807, 2.05) is 0 Å². The topological polar surface area (TPSA) is 47.9 Å². The molecule has 0 radical (unpaired) electrons. The van der Waals surface area contributed by atoms with Gasteiger partial charge in [0.2, 0.25) is 0 Å². The molecule has 0 N–H and O–H groups in total. The minimum absolute atomic E-state index is 0.00430. The summed E-state index contributed by atoms with van der Waals surface area (Å²) in [6, 6.07) is 5.22. The molecule has 0 bridgehead atoms. The first kappa shape index (κ1) is 14.2. The molecule has 19 heavy (non-hydrogen) atoms. The zero-order valence-corrected chi connectivity index (χ0v) is 12.0. The summed E-state index contributed by atoms with van der Waals surface area (Å²) in [6.45, 7) is 0. The maximum absolute atomic E-state index is 11.5. The molecule has 1 fully saturated rings. The van der Waals surface area contributed by atoms with Crippen LogP contribution in [0.2, 0.25) is 10.0 Å². The third kappa shape index (κ3) is 3.01. The van der Waals surface area contributed by atoms with Crippen molar-refractivity contribution in [3.05, 3.63) is 33.8 Å². The number of hydrogen-bond acceptors (Lipinski definition) is 4. The molecule has 0 amide bonds. The monoisotopic (exact) mass is 301 g/mol. The molecule has 2 atom stereocenters. The summed E-state index contributed by atoms with van der Waals surface area (Å²) in [5.74, 6) is -0.383. The standard InChI is InChI=1S/C13H13Cl2NO3/c1-18-13(17)9-6-8(9)12(16-19-2)7-3-4-10(14)11(15)5-7/h3-5,8-9H,6H2,1-2H3/t8?,9-/m0/s1. The number of carbonyl (C=O) groups is 1. The van der Waals surface area contributed by atoms with Crippen molar-refractivity contribution in [3.63, 3.8) is 0 Å². The number of esters is 1. The maximum Gasteiger partial charge on any atom is 0.309 e. The van der Waals surface area contributed by atoms with Crippen LogP contribution in [0.4, 0.5) is 0 Å². The van der Waals surface area contributed by atoms with Gasteiger partial charge in [-0.05, 0) is 18.6 Å². The van der Waals surface area contributed by atoms with Gasteiger partial charge in [-0.1, -0.05) is 34.4 Å². The smallest absolute Gasteiger partial charge is 0.309 e. The Bertz CT molecular complexity index is 531. The van der Waals surface area contributed by atoms with Crippen LogP contribution in [0.3, 0.4) is 0 Å². The molecule has 0 saturated heterocycles. The van der Waals surface area contributed by atoms with Crippen LogP contribution in [0.15, 0.2) is 23.4 Å². The Hall–Kier alpha value is -1.26. The minimum Gasteiger partial charge on any atom is -0.469 e. The number of methoxy groups -OCH3 is 1. The van der Waals surface area contributed by atoms with E-state index in [1.54, 1.807) is 18.2 Å². The van der Waals surface area contributed by atoms with Gasteiger partial charge >= 0.3 is 5.97 Å². The van der Waals surface area contributed by atoms with E-state index in [0.717, 1.165) is 5.56 Å². The number of rotatable bonds is 4. The molecule has 2 rings (SSSR count). The van der Waals surface area contributed by atoms with Crippen LogP contribution in [0, 0.1) is 11.8 Å². The normalized spacial score (nSPS) is 22.0. The summed E-state index contributed by atoms with van der Waals surface area (Å²) in [6.07, 6.45) is 0.703. The van der Waals surface area contributed by atoms with Gasteiger partial charge in [0.05, 0.1) is 28.8 Å². The van der Waals surface area contributed by atoms with Gasteiger partial charge < -0.3 is 9.57 Å². The summed E-state index contributed by atoms with van der Waals surface area (Å²) >= 11 is 11.9. The summed E-state index contributed by atoms with van der Waals surface area (Å²) in [5.41, 5.74) is 1.49. The van der Waals surface area contributed by atoms with E-state index in [4.69, 9.17) is 32.8 Å². The number of halogens is 2. The van der Waals surface area contributed by atoms with Crippen molar-refractivity contribution in [3.8, 4) is 0 Å². The van der Waals surface area contributed by atoms with Crippen molar-refractivity contribution >= 4 is 34.9 Å². The molecule has 0 spiro atoms. The summed E-state index contributed by atoms with van der Waals surface area (Å²) < 4.78 is 4.73. The van der Waals surface area contributed by atoms with E-state index >= 15 is 0 Å². The van der Waals surface area contributed by atoms with Gasteiger partial charge in [-0.25, -0.2) is 0 Å². The summed E-state index contributed by atoms with van der Waals surface area (Å²) in [7, 11) is 2.84. The van der Waals surface area contributed by atoms with E-state index in [0.29, 0.717) is 22.2 Å². The second kappa shape index (κ2) is 5.80. The molecule has 1 saturated carbocycles. The Labute approximate surface area is 121 Å². The molecular weight excluding hydrogens is 289 g/mol. The first-order chi connectivity index (χ1) is 9.08. The second-order valence-corrected chi connectivity index (χ2v) is 5.07. The van der Waals surface area contributed by atoms with E-state index in [1.165, 1.54) is 14.2 Å². The molecule has 0 aliphatic heterocycles. The highest BCUT2D eigenvalue weighted by Crippen LogP contribution is 2.42. The lowest BCUT2D eigenvalue weighted by Gasteiger charge is -2.06. The van der Waals surface area contributed by atoms with E-state index in [9.17, 15) is 4.79 Å². The van der Waals surface area contributed by atoms with E-state index < -0.39 is 0 Å². The van der Waals surface area contributed by atoms with Crippen LogP contribution in [0.5, 0.6) is 0 Å². The van der Waals surface area contributed by atoms with Crippen molar-refractivity contribution in [2.75, 3.05) is 14.2 Å². The third-order valence-electron chi connectivity index (χ3n) is 3.05. The number of benzene rings is 1. The molecule has 1 aromatic rings. The molecule has 0 aromatic heterocycles. The Morgan fingerprint density at radius 1 is 1.26 bits per heavy atom. The predicted octanol–water partition coefficient (Wildman–Crippen LogP) is 3.15. The quantitative estimate of drug-likeness (QED) is 0.487. The SMILES string of the molecule is CON=C(c1ccc(Cl)c(Cl)c1)C1C[C@@H]1C(=O)OC. The van der Waals surface area contributed by atoms with Crippen LogP contribution < -0.4 is 0 Å². The van der Waals surface area contributed by atoms with Crippen LogP contribution in [-0.2, 0) is 14.4 Å². The van der Waals surface area contributed by atoms with Crippen molar-refractivity contribution < 1.29 is 14.4 Å². The Morgan fingerprint density at radius 3 is 2.58 bits per heavy atom. The van der Waals surface area contributed by atoms with Crippen molar-refractivity contribution in [2.24, 2.45) is 17.0 Å². The van der Waals surface area contributed by atoms with Gasteiger partial charge in [0, 0.05) is 11.5 Å². The van der Waals surface area contributed by atoms with Crippen molar-refractivity contribution in [1.29, 1.82) is 0 Å². The zero-order valence-electron chi connectivity index (χ0n) is 10.5. The largest absolute Gasteiger partial charge is 0.469 e. The average molecular weight is 302 g/mol. The fourth-order valence-corrected chi connectivity index (χ4v) is 2.30. The fraction of sp³-hybridized carbons (Fsp3) is 0.385. The highest BCUT2D eigenvalue weighted by atomic mass is 35.5. The van der Waals surface area contributed by atoms with E-state index in [2.05, 4.69) is 5.16 Å². The van der Waals surface area contributed by atoms with Crippen molar-refractivity contribution in [2.45, 2.75) is 6.42 Å². The molecule has 4 nitrogen and oxygen atoms in total. The summed E-state index contributed by atoms with van der Waals surface area (Å²) in [4.78, 5) is 16.3. The van der Waals surface area contributed by atoms with Gasteiger partial charge in [0.25, 0.3) is 0 Å². The van der Waals surface area contributed by atoms with Gasteiger partial charge in [-0.2, -0.15) is 0 Å². The molecule has 0 heterocycles. The number of nitrogens with zero attached hydrogens (tertiary/aromatic N) is 1. The van der Waals surface area contributed by atoms with Gasteiger partial charge in [0.1, 0.15) is 7.11 Å². The first-order valence-corrected chi connectivity index (χ1v) is 6.48. The minimum atomic E-state index is -0.228. The predicted molar refractivity (Wildman–Crippen MR) is 73.6 cm³/mol. The Balaban J connectivity index is 2.25. The lowest BCUT2D eigenvalue weighted by atomic mass is 10.1. The Kier molecular flexibility index (Phi) is 4.32. The fourth-order valence-electron chi connectivity index (χ4n) is 2.00. The van der Waals surface area contributed by atoms with Gasteiger partial charge in [-0.3, -0.25) is 4.79 Å². The van der Waals surface area contributed by atoms with Crippen LogP contribution >= 0.6 is 23.2 Å². The summed E-state index contributed by atoms with van der Waals surface area (Å²) in [5, 5.41) is 4.92. The molecule has 1 aliphatic rings. The average Bonchev–Trinajstić information content (AvgIpc) is 3.18. The highest BCUT2D eigenvalue weighted by molar-refractivity contribution is 6.42. The number of oxime groups is 1. The third-order valence-corrected chi connectivity index (χ3v) is 3.79. The highest BCUT2D eigenvalue weighted by Gasteiger charge is 2.48. The van der Waals surface area contributed by atoms with Gasteiger partial charge in [-0.15, -0.1) is 0 Å². The lowest BCUT2D eigenvalue weighted by Crippen LogP contribution is -2.11.